The van der Waals surface area contributed by atoms with Crippen molar-refractivity contribution in [1.29, 1.82) is 0 Å². The van der Waals surface area contributed by atoms with E-state index in [0.29, 0.717) is 0 Å². The molecule has 218 valence electrons. The molecule has 0 amide bonds. The van der Waals surface area contributed by atoms with Crippen LogP contribution < -0.4 is 0 Å². The van der Waals surface area contributed by atoms with Crippen molar-refractivity contribution in [3.8, 4) is 0 Å². The van der Waals surface area contributed by atoms with E-state index < -0.39 is 32.3 Å². The topological polar surface area (TPSA) is 0 Å². The molecule has 0 nitrogen and oxygen atoms in total. The third kappa shape index (κ3) is 21.7. The maximum Gasteiger partial charge on any atom is 0.0516 e. The summed E-state index contributed by atoms with van der Waals surface area (Å²) in [5.74, 6) is 0. The summed E-state index contributed by atoms with van der Waals surface area (Å²) in [5.41, 5.74) is 6.23. The average molecular weight is 757 g/mol. The maximum absolute atomic E-state index is 2.36. The van der Waals surface area contributed by atoms with E-state index in [1.54, 1.807) is 22.2 Å². The average Bonchev–Trinajstić information content (AvgIpc) is 3.57. The van der Waals surface area contributed by atoms with E-state index >= 15 is 0 Å². The van der Waals surface area contributed by atoms with Gasteiger partial charge in [0.05, 0.1) is 32.3 Å². The SMILES string of the molecule is C[Si](C)(C)[C]1[CH][CH][CH][CH]1.C[Si](C)(C)[C]1[CH][CH][CH][CH]1.C[Si](C)(C)[C]1[CH][CH][CH][CH]1.C[Si](C)(C)[C]1[CH][CH][CH][CH]1.[CH3-].[CH3-].[Y].[Y]. The molecule has 0 aromatic heterocycles. The van der Waals surface area contributed by atoms with Crippen LogP contribution in [0, 0.1) is 140 Å². The van der Waals surface area contributed by atoms with Crippen molar-refractivity contribution in [2.45, 2.75) is 78.6 Å². The summed E-state index contributed by atoms with van der Waals surface area (Å²) in [7, 11) is -3.92. The van der Waals surface area contributed by atoms with Gasteiger partial charge in [0.1, 0.15) is 0 Å². The number of rotatable bonds is 4. The second-order valence-corrected chi connectivity index (χ2v) is 34.0. The minimum atomic E-state index is -0.981. The smallest absolute Gasteiger partial charge is 0.0516 e. The normalized spacial score (nSPS) is 20.7. The van der Waals surface area contributed by atoms with Crippen LogP contribution in [0.25, 0.3) is 0 Å². The van der Waals surface area contributed by atoms with Crippen LogP contribution in [0.1, 0.15) is 0 Å². The second kappa shape index (κ2) is 23.4. The first kappa shape index (κ1) is 49.9. The summed E-state index contributed by atoms with van der Waals surface area (Å²) in [6.07, 6.45) is 34.8. The van der Waals surface area contributed by atoms with Crippen molar-refractivity contribution >= 4 is 32.3 Å². The zero-order valence-corrected chi connectivity index (χ0v) is 38.1. The van der Waals surface area contributed by atoms with E-state index in [-0.39, 0.29) is 80.3 Å². The standard InChI is InChI=1S/4C8H13Si.2CH3.2Y/c4*1-9(2,3)8-6-4-5-7-8;;;;/h4*4-7H,1-3H3;2*1H3;;/q;;;;2*-1;;. The molecule has 4 saturated carbocycles. The van der Waals surface area contributed by atoms with Crippen molar-refractivity contribution in [1.82, 2.24) is 0 Å². The molecule has 6 heteroatoms. The van der Waals surface area contributed by atoms with Crippen LogP contribution in [0.5, 0.6) is 0 Å². The van der Waals surface area contributed by atoms with Gasteiger partial charge >= 0.3 is 0 Å². The second-order valence-electron chi connectivity index (χ2n) is 13.7. The minimum absolute atomic E-state index is 0. The Bertz CT molecular complexity index is 457. The van der Waals surface area contributed by atoms with Crippen LogP contribution in [0.15, 0.2) is 0 Å². The van der Waals surface area contributed by atoms with Crippen molar-refractivity contribution in [2.24, 2.45) is 0 Å². The Morgan fingerprint density at radius 2 is 0.375 bits per heavy atom. The van der Waals surface area contributed by atoms with Gasteiger partial charge in [-0.25, -0.2) is 0 Å². The Balaban J connectivity index is -0.000000209. The minimum Gasteiger partial charge on any atom is -0.358 e. The van der Waals surface area contributed by atoms with E-state index in [4.69, 9.17) is 0 Å². The predicted octanol–water partition coefficient (Wildman–Crippen LogP) is 9.97. The van der Waals surface area contributed by atoms with Gasteiger partial charge in [-0.15, -0.1) is 0 Å². The number of hydrogen-bond acceptors (Lipinski definition) is 0. The Kier molecular flexibility index (Phi) is 29.2. The Labute approximate surface area is 312 Å². The molecule has 0 spiro atoms. The summed E-state index contributed by atoms with van der Waals surface area (Å²) in [4.78, 5) is 0. The Hall–Kier alpha value is 3.08. The van der Waals surface area contributed by atoms with Crippen molar-refractivity contribution in [2.75, 3.05) is 0 Å². The molecule has 4 fully saturated rings. The fourth-order valence-corrected chi connectivity index (χ4v) is 8.27. The largest absolute Gasteiger partial charge is 0.358 e. The molecule has 0 bridgehead atoms. The molecule has 4 aliphatic rings. The molecular formula is C34H58Si4Y2-2. The van der Waals surface area contributed by atoms with Crippen LogP contribution in [-0.4, -0.2) is 32.3 Å². The van der Waals surface area contributed by atoms with Crippen LogP contribution >= 0.6 is 0 Å². The van der Waals surface area contributed by atoms with Gasteiger partial charge in [-0.3, -0.25) is 0 Å². The molecule has 0 unspecified atom stereocenters. The molecule has 0 N–H and O–H groups in total. The molecule has 4 rings (SSSR count). The maximum atomic E-state index is 2.36. The predicted molar refractivity (Wildman–Crippen MR) is 188 cm³/mol. The van der Waals surface area contributed by atoms with Crippen LogP contribution in [0.2, 0.25) is 78.6 Å². The monoisotopic (exact) mass is 756 g/mol. The van der Waals surface area contributed by atoms with Crippen LogP contribution in [0.4, 0.5) is 0 Å². The van der Waals surface area contributed by atoms with Crippen LogP contribution in [-0.2, 0) is 65.4 Å². The first-order valence-corrected chi connectivity index (χ1v) is 27.3. The quantitative estimate of drug-likeness (QED) is 0.198. The summed E-state index contributed by atoms with van der Waals surface area (Å²) in [6, 6.07) is 0. The fourth-order valence-electron chi connectivity index (χ4n) is 3.50. The first-order chi connectivity index (χ1) is 16.4. The van der Waals surface area contributed by atoms with Gasteiger partial charge in [0.25, 0.3) is 0 Å². The van der Waals surface area contributed by atoms with E-state index in [2.05, 4.69) is 181 Å². The molecule has 0 aromatic carbocycles. The molecule has 0 atom stereocenters. The van der Waals surface area contributed by atoms with Gasteiger partial charge < -0.3 is 14.9 Å². The fraction of sp³-hybridized carbons (Fsp3) is 0.353. The van der Waals surface area contributed by atoms with Gasteiger partial charge in [-0.2, -0.15) is 0 Å². The van der Waals surface area contributed by atoms with Gasteiger partial charge in [0.2, 0.25) is 0 Å². The van der Waals surface area contributed by atoms with E-state index in [1.807, 2.05) is 0 Å². The summed E-state index contributed by atoms with van der Waals surface area (Å²) >= 11 is 0. The third-order valence-electron chi connectivity index (χ3n) is 6.11. The van der Waals surface area contributed by atoms with Crippen molar-refractivity contribution < 1.29 is 65.4 Å². The van der Waals surface area contributed by atoms with Crippen molar-refractivity contribution in [3.05, 3.63) is 140 Å². The summed E-state index contributed by atoms with van der Waals surface area (Å²) < 4.78 is 0. The molecule has 0 aromatic rings. The van der Waals surface area contributed by atoms with E-state index in [0.717, 1.165) is 0 Å². The molecule has 0 saturated heterocycles. The van der Waals surface area contributed by atoms with Gasteiger partial charge in [-0.1, -0.05) is 78.6 Å². The zero-order valence-electron chi connectivity index (χ0n) is 28.4. The van der Waals surface area contributed by atoms with Gasteiger partial charge in [0.15, 0.2) is 0 Å². The third-order valence-corrected chi connectivity index (χ3v) is 14.4. The number of hydrogen-bond donors (Lipinski definition) is 0. The Morgan fingerprint density at radius 1 is 0.275 bits per heavy atom. The van der Waals surface area contributed by atoms with Crippen LogP contribution in [0.3, 0.4) is 0 Å². The van der Waals surface area contributed by atoms with Gasteiger partial charge in [-0.05, 0) is 125 Å². The molecular weight excluding hydrogens is 699 g/mol. The molecule has 40 heavy (non-hydrogen) atoms. The van der Waals surface area contributed by atoms with E-state index in [1.165, 1.54) is 0 Å². The molecule has 4 aliphatic carbocycles. The zero-order chi connectivity index (χ0) is 27.6. The molecule has 0 aliphatic heterocycles. The van der Waals surface area contributed by atoms with Gasteiger partial charge in [0, 0.05) is 65.4 Å². The van der Waals surface area contributed by atoms with Crippen molar-refractivity contribution in [3.63, 3.8) is 0 Å². The summed E-state index contributed by atoms with van der Waals surface area (Å²) in [5, 5.41) is 0. The summed E-state index contributed by atoms with van der Waals surface area (Å²) in [6.45, 7) is 28.4. The Morgan fingerprint density at radius 3 is 0.425 bits per heavy atom. The first-order valence-electron chi connectivity index (χ1n) is 13.3. The molecule has 0 heterocycles. The van der Waals surface area contributed by atoms with E-state index in [9.17, 15) is 0 Å². The molecule has 22 radical (unpaired) electrons.